The Hall–Kier alpha value is -2.07. The molecule has 0 bridgehead atoms. The molecule has 1 amide bonds. The Morgan fingerprint density at radius 1 is 1.35 bits per heavy atom. The second kappa shape index (κ2) is 5.53. The van der Waals surface area contributed by atoms with Gasteiger partial charge in [-0.2, -0.15) is 0 Å². The molecule has 2 heterocycles. The normalized spacial score (nSPS) is 24.7. The lowest BCUT2D eigenvalue weighted by molar-refractivity contribution is -0.114. The van der Waals surface area contributed by atoms with Crippen molar-refractivity contribution in [1.82, 2.24) is 0 Å². The summed E-state index contributed by atoms with van der Waals surface area (Å²) in [7, 11) is 0. The third kappa shape index (κ3) is 2.47. The molecule has 0 spiro atoms. The number of nitrogens with one attached hydrogen (secondary N) is 2. The van der Waals surface area contributed by atoms with E-state index < -0.39 is 0 Å². The van der Waals surface area contributed by atoms with Crippen molar-refractivity contribution in [1.29, 1.82) is 0 Å². The van der Waals surface area contributed by atoms with E-state index in [-0.39, 0.29) is 5.91 Å². The largest absolute Gasteiger partial charge is 0.377 e. The zero-order valence-corrected chi connectivity index (χ0v) is 14.1. The van der Waals surface area contributed by atoms with E-state index in [2.05, 4.69) is 53.3 Å². The predicted molar refractivity (Wildman–Crippen MR) is 96.2 cm³/mol. The third-order valence-corrected chi connectivity index (χ3v) is 5.97. The average Bonchev–Trinajstić information content (AvgIpc) is 3.15. The highest BCUT2D eigenvalue weighted by Gasteiger charge is 2.38. The second-order valence-corrected chi connectivity index (χ2v) is 7.37. The molecule has 118 valence electrons. The summed E-state index contributed by atoms with van der Waals surface area (Å²) in [6.45, 7) is 3.74. The van der Waals surface area contributed by atoms with Crippen molar-refractivity contribution >= 4 is 28.6 Å². The number of allylic oxidation sites excluding steroid dienone is 2. The average molecular weight is 324 g/mol. The van der Waals surface area contributed by atoms with E-state index in [4.69, 9.17) is 0 Å². The highest BCUT2D eigenvalue weighted by molar-refractivity contribution is 7.10. The molecule has 2 aliphatic rings. The van der Waals surface area contributed by atoms with Gasteiger partial charge in [0.1, 0.15) is 0 Å². The van der Waals surface area contributed by atoms with E-state index in [1.54, 1.807) is 6.92 Å². The topological polar surface area (TPSA) is 41.1 Å². The first-order valence-corrected chi connectivity index (χ1v) is 8.90. The van der Waals surface area contributed by atoms with Gasteiger partial charge >= 0.3 is 0 Å². The van der Waals surface area contributed by atoms with Crippen molar-refractivity contribution in [3.05, 3.63) is 57.8 Å². The van der Waals surface area contributed by atoms with Crippen LogP contribution in [0.4, 0.5) is 11.4 Å². The maximum atomic E-state index is 11.3. The summed E-state index contributed by atoms with van der Waals surface area (Å²) < 4.78 is 0. The Morgan fingerprint density at radius 3 is 2.96 bits per heavy atom. The van der Waals surface area contributed by atoms with Gasteiger partial charge in [-0.05, 0) is 60.0 Å². The van der Waals surface area contributed by atoms with Crippen molar-refractivity contribution in [2.45, 2.75) is 32.2 Å². The number of amides is 1. The molecule has 2 aromatic rings. The summed E-state index contributed by atoms with van der Waals surface area (Å²) in [6, 6.07) is 8.76. The van der Waals surface area contributed by atoms with E-state index in [0.717, 1.165) is 12.1 Å². The first-order valence-electron chi connectivity index (χ1n) is 8.02. The first kappa shape index (κ1) is 14.5. The van der Waals surface area contributed by atoms with Crippen LogP contribution in [0.1, 0.15) is 41.3 Å². The summed E-state index contributed by atoms with van der Waals surface area (Å²) in [5.74, 6) is 0.943. The van der Waals surface area contributed by atoms with E-state index in [1.807, 2.05) is 17.4 Å². The van der Waals surface area contributed by atoms with E-state index in [1.165, 1.54) is 21.7 Å². The number of thiophene rings is 1. The number of aryl methyl sites for hydroxylation is 1. The van der Waals surface area contributed by atoms with E-state index in [0.29, 0.717) is 17.9 Å². The molecule has 3 unspecified atom stereocenters. The molecular formula is C19H20N2OS. The van der Waals surface area contributed by atoms with Gasteiger partial charge < -0.3 is 10.6 Å². The molecule has 0 fully saturated rings. The van der Waals surface area contributed by atoms with Crippen LogP contribution >= 0.6 is 11.3 Å². The first-order chi connectivity index (χ1) is 11.1. The van der Waals surface area contributed by atoms with Gasteiger partial charge in [0.25, 0.3) is 0 Å². The zero-order chi connectivity index (χ0) is 16.0. The number of carbonyl (C=O) groups is 1. The highest BCUT2D eigenvalue weighted by atomic mass is 32.1. The lowest BCUT2D eigenvalue weighted by Crippen LogP contribution is -2.29. The molecule has 4 rings (SSSR count). The standard InChI is InChI=1S/C19H20N2OS/c1-11-8-9-23-19(11)18-15-5-3-4-14(15)16-10-13(20-12(2)22)6-7-17(16)21-18/h3-4,6-10,14-15,18,21H,5H2,1-2H3,(H,20,22). The minimum absolute atomic E-state index is 0.0284. The Morgan fingerprint density at radius 2 is 2.22 bits per heavy atom. The Bertz CT molecular complexity index is 792. The molecule has 2 N–H and O–H groups in total. The molecule has 3 nitrogen and oxygen atoms in total. The van der Waals surface area contributed by atoms with Crippen LogP contribution in [0, 0.1) is 12.8 Å². The number of benzene rings is 1. The number of carbonyl (C=O) groups excluding carboxylic acids is 1. The van der Waals surface area contributed by atoms with Crippen LogP contribution in [0.2, 0.25) is 0 Å². The van der Waals surface area contributed by atoms with Crippen LogP contribution in [0.3, 0.4) is 0 Å². The summed E-state index contributed by atoms with van der Waals surface area (Å²) in [5.41, 5.74) is 4.73. The lowest BCUT2D eigenvalue weighted by atomic mass is 9.78. The van der Waals surface area contributed by atoms with Gasteiger partial charge in [-0.25, -0.2) is 0 Å². The fourth-order valence-electron chi connectivity index (χ4n) is 3.84. The van der Waals surface area contributed by atoms with Gasteiger partial charge in [0, 0.05) is 29.1 Å². The number of anilines is 2. The van der Waals surface area contributed by atoms with Crippen LogP contribution in [0.5, 0.6) is 0 Å². The number of hydrogen-bond acceptors (Lipinski definition) is 3. The molecular weight excluding hydrogens is 304 g/mol. The molecule has 3 atom stereocenters. The van der Waals surface area contributed by atoms with Crippen LogP contribution < -0.4 is 10.6 Å². The molecule has 1 aliphatic heterocycles. The van der Waals surface area contributed by atoms with Gasteiger partial charge in [-0.15, -0.1) is 11.3 Å². The van der Waals surface area contributed by atoms with Gasteiger partial charge in [-0.3, -0.25) is 4.79 Å². The fraction of sp³-hybridized carbons (Fsp3) is 0.316. The van der Waals surface area contributed by atoms with Crippen molar-refractivity contribution < 1.29 is 4.79 Å². The Balaban J connectivity index is 1.74. The van der Waals surface area contributed by atoms with Crippen LogP contribution in [0.15, 0.2) is 41.8 Å². The van der Waals surface area contributed by atoms with Gasteiger partial charge in [-0.1, -0.05) is 12.2 Å². The van der Waals surface area contributed by atoms with Crippen molar-refractivity contribution in [3.8, 4) is 0 Å². The van der Waals surface area contributed by atoms with Crippen molar-refractivity contribution in [2.24, 2.45) is 5.92 Å². The summed E-state index contributed by atoms with van der Waals surface area (Å²) in [4.78, 5) is 12.8. The third-order valence-electron chi connectivity index (χ3n) is 4.87. The van der Waals surface area contributed by atoms with E-state index in [9.17, 15) is 4.79 Å². The number of fused-ring (bicyclic) bond motifs is 3. The minimum atomic E-state index is -0.0284. The summed E-state index contributed by atoms with van der Waals surface area (Å²) in [6.07, 6.45) is 5.73. The summed E-state index contributed by atoms with van der Waals surface area (Å²) >= 11 is 1.84. The molecule has 23 heavy (non-hydrogen) atoms. The molecule has 1 aromatic carbocycles. The SMILES string of the molecule is CC(=O)Nc1ccc2c(c1)C1C=CCC1C(c1sccc1C)N2. The van der Waals surface area contributed by atoms with Crippen LogP contribution in [0.25, 0.3) is 0 Å². The van der Waals surface area contributed by atoms with Crippen molar-refractivity contribution in [2.75, 3.05) is 10.6 Å². The van der Waals surface area contributed by atoms with Crippen LogP contribution in [-0.2, 0) is 4.79 Å². The van der Waals surface area contributed by atoms with Gasteiger partial charge in [0.15, 0.2) is 0 Å². The highest BCUT2D eigenvalue weighted by Crippen LogP contribution is 2.51. The monoisotopic (exact) mass is 324 g/mol. The quantitative estimate of drug-likeness (QED) is 0.776. The maximum absolute atomic E-state index is 11.3. The minimum Gasteiger partial charge on any atom is -0.377 e. The molecule has 1 aromatic heterocycles. The molecule has 0 saturated carbocycles. The predicted octanol–water partition coefficient (Wildman–Crippen LogP) is 4.84. The summed E-state index contributed by atoms with van der Waals surface area (Å²) in [5, 5.41) is 8.82. The Kier molecular flexibility index (Phi) is 3.49. The molecule has 0 saturated heterocycles. The van der Waals surface area contributed by atoms with Crippen LogP contribution in [-0.4, -0.2) is 5.91 Å². The fourth-order valence-corrected chi connectivity index (χ4v) is 4.89. The zero-order valence-electron chi connectivity index (χ0n) is 13.3. The van der Waals surface area contributed by atoms with Gasteiger partial charge in [0.2, 0.25) is 5.91 Å². The molecule has 1 aliphatic carbocycles. The molecule has 4 heteroatoms. The van der Waals surface area contributed by atoms with Crippen molar-refractivity contribution in [3.63, 3.8) is 0 Å². The Labute approximate surface area is 140 Å². The smallest absolute Gasteiger partial charge is 0.221 e. The number of hydrogen-bond donors (Lipinski definition) is 2. The number of rotatable bonds is 2. The maximum Gasteiger partial charge on any atom is 0.221 e. The van der Waals surface area contributed by atoms with E-state index >= 15 is 0 Å². The molecule has 0 radical (unpaired) electrons. The van der Waals surface area contributed by atoms with Gasteiger partial charge in [0.05, 0.1) is 6.04 Å². The second-order valence-electron chi connectivity index (χ2n) is 6.43. The lowest BCUT2D eigenvalue weighted by Gasteiger charge is -2.37.